The number of rotatable bonds is 6. The molecule has 0 aliphatic carbocycles. The fourth-order valence-electron chi connectivity index (χ4n) is 1.52. The maximum Gasteiger partial charge on any atom is 0.244 e. The first-order chi connectivity index (χ1) is 9.56. The second-order valence-electron chi connectivity index (χ2n) is 3.80. The number of sulfonamides is 1. The van der Waals surface area contributed by atoms with Gasteiger partial charge in [0.25, 0.3) is 0 Å². The van der Waals surface area contributed by atoms with E-state index in [0.717, 1.165) is 0 Å². The third-order valence-electron chi connectivity index (χ3n) is 2.51. The van der Waals surface area contributed by atoms with Gasteiger partial charge in [0.15, 0.2) is 5.82 Å². The highest BCUT2D eigenvalue weighted by molar-refractivity contribution is 7.89. The van der Waals surface area contributed by atoms with Gasteiger partial charge in [-0.1, -0.05) is 11.3 Å². The molecule has 10 heteroatoms. The first-order valence-electron chi connectivity index (χ1n) is 5.56. The largest absolute Gasteiger partial charge is 0.495 e. The highest BCUT2D eigenvalue weighted by Gasteiger charge is 2.20. The molecule has 0 radical (unpaired) electrons. The average molecular weight is 299 g/mol. The molecule has 0 aliphatic heterocycles. The Morgan fingerprint density at radius 1 is 1.45 bits per heavy atom. The van der Waals surface area contributed by atoms with Gasteiger partial charge in [0.1, 0.15) is 10.6 Å². The number of hydrogen-bond donors (Lipinski definition) is 3. The van der Waals surface area contributed by atoms with Crippen molar-refractivity contribution in [2.24, 2.45) is 0 Å². The molecule has 0 saturated heterocycles. The van der Waals surface area contributed by atoms with E-state index in [4.69, 9.17) is 9.84 Å². The lowest BCUT2D eigenvalue weighted by atomic mass is 10.2. The average Bonchev–Trinajstić information content (AvgIpc) is 2.98. The molecule has 20 heavy (non-hydrogen) atoms. The molecule has 0 unspecified atom stereocenters. The highest BCUT2D eigenvalue weighted by Crippen LogP contribution is 2.24. The van der Waals surface area contributed by atoms with Gasteiger partial charge in [0, 0.05) is 0 Å². The Morgan fingerprint density at radius 3 is 2.85 bits per heavy atom. The third-order valence-corrected chi connectivity index (χ3v) is 3.93. The van der Waals surface area contributed by atoms with Gasteiger partial charge < -0.3 is 9.84 Å². The molecule has 0 bridgehead atoms. The quantitative estimate of drug-likeness (QED) is 0.635. The zero-order valence-corrected chi connectivity index (χ0v) is 11.4. The normalized spacial score (nSPS) is 11.5. The second-order valence-corrected chi connectivity index (χ2v) is 5.53. The molecule has 0 aliphatic rings. The Hall–Kier alpha value is -2.04. The Labute approximate surface area is 115 Å². The van der Waals surface area contributed by atoms with Crippen molar-refractivity contribution in [1.29, 1.82) is 0 Å². The summed E-state index contributed by atoms with van der Waals surface area (Å²) in [4.78, 5) is -0.0601. The maximum atomic E-state index is 12.2. The van der Waals surface area contributed by atoms with Crippen LogP contribution >= 0.6 is 0 Å². The molecular formula is C10H13N5O4S. The SMILES string of the molecule is COc1ccc(CO)cc1S(=O)(=O)NCc1nn[nH]n1. The smallest absolute Gasteiger partial charge is 0.244 e. The van der Waals surface area contributed by atoms with Crippen molar-refractivity contribution in [2.45, 2.75) is 18.0 Å². The molecule has 3 N–H and O–H groups in total. The van der Waals surface area contributed by atoms with Crippen LogP contribution in [0.25, 0.3) is 0 Å². The van der Waals surface area contributed by atoms with E-state index in [1.807, 2.05) is 0 Å². The molecular weight excluding hydrogens is 286 g/mol. The van der Waals surface area contributed by atoms with Gasteiger partial charge >= 0.3 is 0 Å². The van der Waals surface area contributed by atoms with Crippen LogP contribution in [0.1, 0.15) is 11.4 Å². The molecule has 0 saturated carbocycles. The van der Waals surface area contributed by atoms with Crippen LogP contribution in [0.4, 0.5) is 0 Å². The van der Waals surface area contributed by atoms with Crippen LogP contribution in [0.5, 0.6) is 5.75 Å². The summed E-state index contributed by atoms with van der Waals surface area (Å²) in [6.45, 7) is -0.372. The Bertz CT molecular complexity index is 671. The van der Waals surface area contributed by atoms with E-state index < -0.39 is 10.0 Å². The minimum atomic E-state index is -3.82. The Balaban J connectivity index is 2.28. The number of aromatic nitrogens is 4. The number of benzene rings is 1. The van der Waals surface area contributed by atoms with Crippen molar-refractivity contribution < 1.29 is 18.3 Å². The summed E-state index contributed by atoms with van der Waals surface area (Å²) in [7, 11) is -2.45. The first kappa shape index (κ1) is 14.4. The summed E-state index contributed by atoms with van der Waals surface area (Å²) >= 11 is 0. The van der Waals surface area contributed by atoms with E-state index >= 15 is 0 Å². The van der Waals surface area contributed by atoms with Crippen LogP contribution in [0.2, 0.25) is 0 Å². The molecule has 1 aromatic heterocycles. The summed E-state index contributed by atoms with van der Waals surface area (Å²) < 4.78 is 31.8. The lowest BCUT2D eigenvalue weighted by Crippen LogP contribution is -2.24. The molecule has 0 spiro atoms. The summed E-state index contributed by atoms with van der Waals surface area (Å²) in [5.74, 6) is 0.397. The molecule has 0 amide bonds. The molecule has 1 heterocycles. The topological polar surface area (TPSA) is 130 Å². The van der Waals surface area contributed by atoms with Crippen LogP contribution < -0.4 is 9.46 Å². The summed E-state index contributed by atoms with van der Waals surface area (Å²) in [6.07, 6.45) is 0. The number of methoxy groups -OCH3 is 1. The minimum Gasteiger partial charge on any atom is -0.495 e. The Morgan fingerprint density at radius 2 is 2.25 bits per heavy atom. The third kappa shape index (κ3) is 3.10. The fraction of sp³-hybridized carbons (Fsp3) is 0.300. The van der Waals surface area contributed by atoms with Crippen LogP contribution in [0, 0.1) is 0 Å². The van der Waals surface area contributed by atoms with Crippen molar-refractivity contribution in [3.8, 4) is 5.75 Å². The zero-order valence-electron chi connectivity index (χ0n) is 10.6. The molecule has 0 fully saturated rings. The van der Waals surface area contributed by atoms with Gasteiger partial charge in [-0.2, -0.15) is 5.21 Å². The van der Waals surface area contributed by atoms with Crippen LogP contribution in [0.3, 0.4) is 0 Å². The number of hydrogen-bond acceptors (Lipinski definition) is 7. The van der Waals surface area contributed by atoms with Crippen LogP contribution in [0.15, 0.2) is 23.1 Å². The monoisotopic (exact) mass is 299 g/mol. The number of nitrogens with one attached hydrogen (secondary N) is 2. The first-order valence-corrected chi connectivity index (χ1v) is 7.05. The summed E-state index contributed by atoms with van der Waals surface area (Å²) in [5.41, 5.74) is 0.464. The van der Waals surface area contributed by atoms with Gasteiger partial charge in [-0.15, -0.1) is 10.2 Å². The van der Waals surface area contributed by atoms with Gasteiger partial charge in [-0.3, -0.25) is 0 Å². The summed E-state index contributed by atoms with van der Waals surface area (Å²) in [6, 6.07) is 4.41. The van der Waals surface area contributed by atoms with Crippen LogP contribution in [-0.4, -0.2) is 41.3 Å². The van der Waals surface area contributed by atoms with Crippen LogP contribution in [-0.2, 0) is 23.2 Å². The summed E-state index contributed by atoms with van der Waals surface area (Å²) in [5, 5.41) is 21.9. The number of aliphatic hydroxyl groups excluding tert-OH is 1. The van der Waals surface area contributed by atoms with Crippen molar-refractivity contribution in [2.75, 3.05) is 7.11 Å². The lowest BCUT2D eigenvalue weighted by Gasteiger charge is -2.11. The number of nitrogens with zero attached hydrogens (tertiary/aromatic N) is 3. The standard InChI is InChI=1S/C10H13N5O4S/c1-19-8-3-2-7(6-16)4-9(8)20(17,18)11-5-10-12-14-15-13-10/h2-4,11,16H,5-6H2,1H3,(H,12,13,14,15). The van der Waals surface area contributed by atoms with E-state index in [9.17, 15) is 8.42 Å². The predicted molar refractivity (Wildman–Crippen MR) is 67.1 cm³/mol. The number of tetrazole rings is 1. The van der Waals surface area contributed by atoms with Gasteiger partial charge in [0.2, 0.25) is 10.0 Å². The van der Waals surface area contributed by atoms with Gasteiger partial charge in [0.05, 0.1) is 20.3 Å². The molecule has 1 aromatic carbocycles. The highest BCUT2D eigenvalue weighted by atomic mass is 32.2. The maximum absolute atomic E-state index is 12.2. The zero-order chi connectivity index (χ0) is 14.6. The van der Waals surface area contributed by atoms with Crippen molar-refractivity contribution >= 4 is 10.0 Å². The molecule has 2 rings (SSSR count). The Kier molecular flexibility index (Phi) is 4.27. The molecule has 2 aromatic rings. The molecule has 0 atom stereocenters. The number of aliphatic hydroxyl groups is 1. The molecule has 9 nitrogen and oxygen atoms in total. The minimum absolute atomic E-state index is 0.0601. The lowest BCUT2D eigenvalue weighted by molar-refractivity contribution is 0.281. The van der Waals surface area contributed by atoms with E-state index in [-0.39, 0.29) is 29.6 Å². The fourth-order valence-corrected chi connectivity index (χ4v) is 2.72. The van der Waals surface area contributed by atoms with E-state index in [1.165, 1.54) is 19.2 Å². The van der Waals surface area contributed by atoms with Crippen molar-refractivity contribution in [3.05, 3.63) is 29.6 Å². The van der Waals surface area contributed by atoms with E-state index in [1.54, 1.807) is 6.07 Å². The van der Waals surface area contributed by atoms with Crippen molar-refractivity contribution in [1.82, 2.24) is 25.3 Å². The number of aromatic amines is 1. The van der Waals surface area contributed by atoms with E-state index in [2.05, 4.69) is 25.3 Å². The number of ether oxygens (including phenoxy) is 1. The predicted octanol–water partition coefficient (Wildman–Crippen LogP) is -0.821. The van der Waals surface area contributed by atoms with Gasteiger partial charge in [-0.25, -0.2) is 13.1 Å². The number of H-pyrrole nitrogens is 1. The van der Waals surface area contributed by atoms with Crippen molar-refractivity contribution in [3.63, 3.8) is 0 Å². The molecule has 108 valence electrons. The second kappa shape index (κ2) is 5.94. The van der Waals surface area contributed by atoms with Gasteiger partial charge in [-0.05, 0) is 17.7 Å². The van der Waals surface area contributed by atoms with E-state index in [0.29, 0.717) is 5.56 Å².